The van der Waals surface area contributed by atoms with Crippen LogP contribution in [0, 0.1) is 5.41 Å². The first-order valence-electron chi connectivity index (χ1n) is 5.23. The van der Waals surface area contributed by atoms with E-state index in [1.54, 1.807) is 7.11 Å². The second-order valence-electron chi connectivity index (χ2n) is 4.77. The topological polar surface area (TPSA) is 65.2 Å². The zero-order chi connectivity index (χ0) is 12.3. The minimum atomic E-state index is -0.387. The number of carbonyl (C=O) groups is 1. The van der Waals surface area contributed by atoms with Gasteiger partial charge >= 0.3 is 0 Å². The van der Waals surface area contributed by atoms with E-state index in [0.717, 1.165) is 0 Å². The van der Waals surface area contributed by atoms with E-state index in [0.29, 0.717) is 11.7 Å². The van der Waals surface area contributed by atoms with Gasteiger partial charge in [-0.15, -0.1) is 0 Å². The van der Waals surface area contributed by atoms with Gasteiger partial charge in [0.2, 0.25) is 5.89 Å². The van der Waals surface area contributed by atoms with Gasteiger partial charge in [-0.3, -0.25) is 4.79 Å². The molecule has 0 spiro atoms. The van der Waals surface area contributed by atoms with E-state index < -0.39 is 0 Å². The van der Waals surface area contributed by atoms with Crippen molar-refractivity contribution in [3.8, 4) is 0 Å². The molecular weight excluding hydrogens is 208 g/mol. The maximum absolute atomic E-state index is 11.7. The Hall–Kier alpha value is -1.23. The van der Waals surface area contributed by atoms with Crippen molar-refractivity contribution >= 4 is 5.78 Å². The van der Waals surface area contributed by atoms with Crippen molar-refractivity contribution in [2.75, 3.05) is 7.11 Å². The fourth-order valence-electron chi connectivity index (χ4n) is 1.01. The monoisotopic (exact) mass is 226 g/mol. The smallest absolute Gasteiger partial charge is 0.234 e. The second-order valence-corrected chi connectivity index (χ2v) is 4.77. The summed E-state index contributed by atoms with van der Waals surface area (Å²) in [6.07, 6.45) is -0.0466. The van der Waals surface area contributed by atoms with Crippen LogP contribution in [0.2, 0.25) is 0 Å². The first-order valence-corrected chi connectivity index (χ1v) is 5.23. The highest BCUT2D eigenvalue weighted by Gasteiger charge is 2.24. The molecule has 0 saturated carbocycles. The average molecular weight is 226 g/mol. The number of ketones is 1. The van der Waals surface area contributed by atoms with Crippen molar-refractivity contribution in [1.82, 2.24) is 10.1 Å². The third-order valence-corrected chi connectivity index (χ3v) is 2.35. The molecule has 1 unspecified atom stereocenters. The van der Waals surface area contributed by atoms with Crippen molar-refractivity contribution in [2.24, 2.45) is 5.41 Å². The predicted octanol–water partition coefficient (Wildman–Crippen LogP) is 1.93. The quantitative estimate of drug-likeness (QED) is 0.784. The Balaban J connectivity index is 2.69. The predicted molar refractivity (Wildman–Crippen MR) is 57.9 cm³/mol. The summed E-state index contributed by atoms with van der Waals surface area (Å²) in [6, 6.07) is 0. The first kappa shape index (κ1) is 12.8. The molecule has 0 amide bonds. The molecule has 5 nitrogen and oxygen atoms in total. The van der Waals surface area contributed by atoms with Gasteiger partial charge in [-0.05, 0) is 6.92 Å². The second kappa shape index (κ2) is 4.74. The van der Waals surface area contributed by atoms with Gasteiger partial charge in [-0.2, -0.15) is 4.98 Å². The maximum Gasteiger partial charge on any atom is 0.234 e. The van der Waals surface area contributed by atoms with Crippen LogP contribution in [0.25, 0.3) is 0 Å². The van der Waals surface area contributed by atoms with Crippen molar-refractivity contribution in [3.05, 3.63) is 11.7 Å². The van der Waals surface area contributed by atoms with Gasteiger partial charge in [0.05, 0.1) is 6.42 Å². The van der Waals surface area contributed by atoms with Gasteiger partial charge in [0, 0.05) is 12.5 Å². The molecule has 90 valence electrons. The lowest BCUT2D eigenvalue weighted by atomic mass is 9.89. The van der Waals surface area contributed by atoms with Crippen LogP contribution < -0.4 is 0 Å². The third-order valence-electron chi connectivity index (χ3n) is 2.35. The zero-order valence-electron chi connectivity index (χ0n) is 10.4. The molecule has 0 N–H and O–H groups in total. The summed E-state index contributed by atoms with van der Waals surface area (Å²) >= 11 is 0. The fourth-order valence-corrected chi connectivity index (χ4v) is 1.01. The normalized spacial score (nSPS) is 13.8. The number of methoxy groups -OCH3 is 1. The summed E-state index contributed by atoms with van der Waals surface area (Å²) in [5.41, 5.74) is -0.387. The highest BCUT2D eigenvalue weighted by Crippen LogP contribution is 2.18. The highest BCUT2D eigenvalue weighted by molar-refractivity contribution is 5.84. The van der Waals surface area contributed by atoms with Crippen molar-refractivity contribution < 1.29 is 14.1 Å². The van der Waals surface area contributed by atoms with Crippen molar-refractivity contribution in [1.29, 1.82) is 0 Å². The standard InChI is InChI=1S/C11H18N2O3/c1-7(15-5)10-12-9(16-13-10)6-8(14)11(2,3)4/h7H,6H2,1-5H3. The van der Waals surface area contributed by atoms with Crippen molar-refractivity contribution in [3.63, 3.8) is 0 Å². The molecule has 1 aromatic heterocycles. The summed E-state index contributed by atoms with van der Waals surface area (Å²) in [4.78, 5) is 15.8. The Labute approximate surface area is 95.2 Å². The molecule has 0 bridgehead atoms. The molecule has 0 aliphatic rings. The SMILES string of the molecule is COC(C)c1noc(CC(=O)C(C)(C)C)n1. The summed E-state index contributed by atoms with van der Waals surface area (Å²) in [5, 5.41) is 3.76. The first-order chi connectivity index (χ1) is 7.34. The van der Waals surface area contributed by atoms with Gasteiger partial charge < -0.3 is 9.26 Å². The van der Waals surface area contributed by atoms with Crippen LogP contribution in [0.15, 0.2) is 4.52 Å². The van der Waals surface area contributed by atoms with Gasteiger partial charge in [-0.25, -0.2) is 0 Å². The number of hydrogen-bond acceptors (Lipinski definition) is 5. The number of ether oxygens (including phenoxy) is 1. The fraction of sp³-hybridized carbons (Fsp3) is 0.727. The van der Waals surface area contributed by atoms with Crippen LogP contribution in [0.1, 0.15) is 45.5 Å². The van der Waals surface area contributed by atoms with Crippen LogP contribution in [0.4, 0.5) is 0 Å². The number of nitrogens with zero attached hydrogens (tertiary/aromatic N) is 2. The van der Waals surface area contributed by atoms with Gasteiger partial charge in [0.1, 0.15) is 11.9 Å². The molecule has 1 aromatic rings. The van der Waals surface area contributed by atoms with Crippen LogP contribution in [-0.2, 0) is 16.0 Å². The molecule has 0 aliphatic carbocycles. The van der Waals surface area contributed by atoms with E-state index in [1.165, 1.54) is 0 Å². The van der Waals surface area contributed by atoms with Crippen LogP contribution in [0.5, 0.6) is 0 Å². The van der Waals surface area contributed by atoms with E-state index in [4.69, 9.17) is 9.26 Å². The largest absolute Gasteiger partial charge is 0.374 e. The average Bonchev–Trinajstić information content (AvgIpc) is 2.63. The molecule has 0 saturated heterocycles. The molecular formula is C11H18N2O3. The van der Waals surface area contributed by atoms with E-state index in [9.17, 15) is 4.79 Å². The third kappa shape index (κ3) is 3.13. The van der Waals surface area contributed by atoms with E-state index in [-0.39, 0.29) is 23.7 Å². The minimum absolute atomic E-state index is 0.0766. The Bertz CT molecular complexity index is 366. The Morgan fingerprint density at radius 2 is 2.12 bits per heavy atom. The molecule has 0 aliphatic heterocycles. The zero-order valence-corrected chi connectivity index (χ0v) is 10.4. The van der Waals surface area contributed by atoms with Crippen molar-refractivity contribution in [2.45, 2.75) is 40.2 Å². The van der Waals surface area contributed by atoms with E-state index in [2.05, 4.69) is 10.1 Å². The molecule has 16 heavy (non-hydrogen) atoms. The van der Waals surface area contributed by atoms with Gasteiger partial charge in [-0.1, -0.05) is 25.9 Å². The number of rotatable bonds is 4. The summed E-state index contributed by atoms with van der Waals surface area (Å²) < 4.78 is 10.0. The molecule has 0 fully saturated rings. The number of Topliss-reactive ketones (excluding diaryl/α,β-unsaturated/α-hetero) is 1. The number of hydrogen-bond donors (Lipinski definition) is 0. The molecule has 1 rings (SSSR count). The molecule has 0 radical (unpaired) electrons. The van der Waals surface area contributed by atoms with E-state index in [1.807, 2.05) is 27.7 Å². The van der Waals surface area contributed by atoms with Crippen LogP contribution >= 0.6 is 0 Å². The van der Waals surface area contributed by atoms with Crippen LogP contribution in [0.3, 0.4) is 0 Å². The number of aromatic nitrogens is 2. The van der Waals surface area contributed by atoms with Gasteiger partial charge in [0.25, 0.3) is 0 Å². The lowest BCUT2D eigenvalue weighted by molar-refractivity contribution is -0.125. The molecule has 1 atom stereocenters. The lowest BCUT2D eigenvalue weighted by Gasteiger charge is -2.14. The highest BCUT2D eigenvalue weighted by atomic mass is 16.5. The molecule has 5 heteroatoms. The molecule has 1 heterocycles. The lowest BCUT2D eigenvalue weighted by Crippen LogP contribution is -2.22. The van der Waals surface area contributed by atoms with Crippen LogP contribution in [-0.4, -0.2) is 23.0 Å². The summed E-state index contributed by atoms with van der Waals surface area (Å²) in [6.45, 7) is 7.42. The summed E-state index contributed by atoms with van der Waals surface area (Å²) in [7, 11) is 1.57. The minimum Gasteiger partial charge on any atom is -0.374 e. The van der Waals surface area contributed by atoms with Gasteiger partial charge in [0.15, 0.2) is 5.82 Å². The number of carbonyl (C=O) groups excluding carboxylic acids is 1. The Morgan fingerprint density at radius 3 is 2.62 bits per heavy atom. The maximum atomic E-state index is 11.7. The Kier molecular flexibility index (Phi) is 3.80. The van der Waals surface area contributed by atoms with E-state index >= 15 is 0 Å². The molecule has 0 aromatic carbocycles. The Morgan fingerprint density at radius 1 is 1.50 bits per heavy atom. The summed E-state index contributed by atoms with van der Waals surface area (Å²) in [5.74, 6) is 0.894.